The van der Waals surface area contributed by atoms with Crippen molar-refractivity contribution in [2.24, 2.45) is 17.8 Å². The third-order valence-electron chi connectivity index (χ3n) is 4.88. The van der Waals surface area contributed by atoms with Crippen molar-refractivity contribution in [3.05, 3.63) is 29.0 Å². The molecule has 0 radical (unpaired) electrons. The average Bonchev–Trinajstić information content (AvgIpc) is 3.11. The van der Waals surface area contributed by atoms with Gasteiger partial charge < -0.3 is 10.1 Å². The molecule has 0 spiro atoms. The van der Waals surface area contributed by atoms with Gasteiger partial charge in [-0.3, -0.25) is 9.59 Å². The average molecular weight is 340 g/mol. The lowest BCUT2D eigenvalue weighted by Gasteiger charge is -2.20. The number of carbonyl (C=O) groups excluding carboxylic acids is 2. The van der Waals surface area contributed by atoms with E-state index in [1.807, 2.05) is 0 Å². The minimum Gasteiger partial charge on any atom is -0.456 e. The van der Waals surface area contributed by atoms with Gasteiger partial charge in [0, 0.05) is 11.4 Å². The summed E-state index contributed by atoms with van der Waals surface area (Å²) in [4.78, 5) is 23.6. The summed E-state index contributed by atoms with van der Waals surface area (Å²) in [5, 5.41) is 2.61. The Morgan fingerprint density at radius 3 is 2.78 bits per heavy atom. The zero-order chi connectivity index (χ0) is 16.4. The van der Waals surface area contributed by atoms with Crippen molar-refractivity contribution in [1.82, 2.24) is 0 Å². The molecule has 4 nitrogen and oxygen atoms in total. The largest absolute Gasteiger partial charge is 0.456 e. The van der Waals surface area contributed by atoms with E-state index in [0.29, 0.717) is 18.3 Å². The Labute approximate surface area is 139 Å². The Hall–Kier alpha value is -1.62. The molecule has 1 N–H and O–H groups in total. The van der Waals surface area contributed by atoms with E-state index in [-0.39, 0.29) is 16.7 Å². The molecule has 6 heteroatoms. The highest BCUT2D eigenvalue weighted by Gasteiger charge is 2.40. The summed E-state index contributed by atoms with van der Waals surface area (Å²) in [7, 11) is 0. The van der Waals surface area contributed by atoms with E-state index in [1.165, 1.54) is 31.4 Å². The predicted molar refractivity (Wildman–Crippen MR) is 84.6 cm³/mol. The fourth-order valence-electron chi connectivity index (χ4n) is 3.82. The summed E-state index contributed by atoms with van der Waals surface area (Å²) in [6, 6.07) is 3.95. The Morgan fingerprint density at radius 1 is 1.30 bits per heavy atom. The van der Waals surface area contributed by atoms with Crippen LogP contribution in [0, 0.1) is 23.6 Å². The number of nitrogens with one attached hydrogen (secondary N) is 1. The molecule has 2 bridgehead atoms. The van der Waals surface area contributed by atoms with Crippen LogP contribution < -0.4 is 5.32 Å². The smallest absolute Gasteiger partial charge is 0.306 e. The van der Waals surface area contributed by atoms with E-state index >= 15 is 0 Å². The molecule has 0 heterocycles. The van der Waals surface area contributed by atoms with Crippen LogP contribution in [-0.4, -0.2) is 18.5 Å². The zero-order valence-electron chi connectivity index (χ0n) is 12.7. The quantitative estimate of drug-likeness (QED) is 0.830. The molecule has 0 saturated heterocycles. The summed E-state index contributed by atoms with van der Waals surface area (Å²) in [6.07, 6.45) is 5.20. The molecule has 124 valence electrons. The first-order chi connectivity index (χ1) is 11.0. The highest BCUT2D eigenvalue weighted by Crippen LogP contribution is 2.49. The molecule has 2 aliphatic carbocycles. The number of anilines is 1. The van der Waals surface area contributed by atoms with Crippen molar-refractivity contribution in [2.45, 2.75) is 32.1 Å². The number of amides is 1. The zero-order valence-corrected chi connectivity index (χ0v) is 13.4. The molecule has 1 aromatic rings. The number of hydrogen-bond acceptors (Lipinski definition) is 3. The van der Waals surface area contributed by atoms with Crippen LogP contribution in [0.15, 0.2) is 18.2 Å². The number of benzene rings is 1. The second-order valence-electron chi connectivity index (χ2n) is 6.47. The highest BCUT2D eigenvalue weighted by atomic mass is 35.5. The van der Waals surface area contributed by atoms with Crippen LogP contribution in [0.2, 0.25) is 5.02 Å². The van der Waals surface area contributed by atoms with Crippen molar-refractivity contribution in [3.63, 3.8) is 0 Å². The third-order valence-corrected chi connectivity index (χ3v) is 5.12. The van der Waals surface area contributed by atoms with Gasteiger partial charge in [-0.15, -0.1) is 0 Å². The second kappa shape index (κ2) is 6.87. The molecule has 2 aliphatic rings. The molecule has 0 unspecified atom stereocenters. The molecule has 3 rings (SSSR count). The topological polar surface area (TPSA) is 55.4 Å². The normalized spacial score (nSPS) is 25.4. The van der Waals surface area contributed by atoms with Gasteiger partial charge in [-0.1, -0.05) is 18.0 Å². The van der Waals surface area contributed by atoms with Crippen LogP contribution in [0.4, 0.5) is 10.1 Å². The summed E-state index contributed by atoms with van der Waals surface area (Å²) in [5.41, 5.74) is 0.0172. The maximum absolute atomic E-state index is 13.6. The van der Waals surface area contributed by atoms with Gasteiger partial charge in [0.25, 0.3) is 5.91 Å². The molecule has 1 aromatic carbocycles. The lowest BCUT2D eigenvalue weighted by Crippen LogP contribution is -2.23. The van der Waals surface area contributed by atoms with Crippen molar-refractivity contribution in [3.8, 4) is 0 Å². The monoisotopic (exact) mass is 339 g/mol. The van der Waals surface area contributed by atoms with Crippen molar-refractivity contribution in [1.29, 1.82) is 0 Å². The standard InChI is InChI=1S/C17H19ClFNO3/c18-13-3-4-15(14(19)8-13)20-16(21)9-23-17(22)7-12-6-10-1-2-11(12)5-10/h3-4,8,10-12H,1-2,5-7,9H2,(H,20,21)/t10-,11+,12-/m0/s1. The first-order valence-electron chi connectivity index (χ1n) is 7.92. The predicted octanol–water partition coefficient (Wildman–Crippen LogP) is 3.79. The summed E-state index contributed by atoms with van der Waals surface area (Å²) >= 11 is 5.64. The molecule has 0 aliphatic heterocycles. The number of carbonyl (C=O) groups is 2. The maximum atomic E-state index is 13.6. The van der Waals surface area contributed by atoms with Gasteiger partial charge in [-0.2, -0.15) is 0 Å². The fourth-order valence-corrected chi connectivity index (χ4v) is 3.98. The van der Waals surface area contributed by atoms with E-state index in [2.05, 4.69) is 5.32 Å². The van der Waals surface area contributed by atoms with Crippen molar-refractivity contribution in [2.75, 3.05) is 11.9 Å². The van der Waals surface area contributed by atoms with Crippen LogP contribution in [-0.2, 0) is 14.3 Å². The number of fused-ring (bicyclic) bond motifs is 2. The van der Waals surface area contributed by atoms with E-state index in [0.717, 1.165) is 18.4 Å². The van der Waals surface area contributed by atoms with Gasteiger partial charge in [-0.25, -0.2) is 4.39 Å². The first kappa shape index (κ1) is 16.2. The Kier molecular flexibility index (Phi) is 4.85. The summed E-state index contributed by atoms with van der Waals surface area (Å²) < 4.78 is 18.6. The Balaban J connectivity index is 1.42. The summed E-state index contributed by atoms with van der Waals surface area (Å²) in [6.45, 7) is -0.401. The number of hydrogen-bond donors (Lipinski definition) is 1. The van der Waals surface area contributed by atoms with Crippen LogP contribution in [0.25, 0.3) is 0 Å². The maximum Gasteiger partial charge on any atom is 0.306 e. The molecule has 2 saturated carbocycles. The molecule has 2 fully saturated rings. The van der Waals surface area contributed by atoms with E-state index in [4.69, 9.17) is 16.3 Å². The van der Waals surface area contributed by atoms with Gasteiger partial charge in [0.1, 0.15) is 5.82 Å². The molecule has 23 heavy (non-hydrogen) atoms. The molecule has 1 amide bonds. The van der Waals surface area contributed by atoms with Crippen LogP contribution in [0.1, 0.15) is 32.1 Å². The van der Waals surface area contributed by atoms with Crippen LogP contribution >= 0.6 is 11.6 Å². The van der Waals surface area contributed by atoms with Crippen molar-refractivity contribution >= 4 is 29.2 Å². The van der Waals surface area contributed by atoms with Crippen molar-refractivity contribution < 1.29 is 18.7 Å². The Morgan fingerprint density at radius 2 is 2.13 bits per heavy atom. The second-order valence-corrected chi connectivity index (χ2v) is 6.91. The number of esters is 1. The van der Waals surface area contributed by atoms with Gasteiger partial charge in [0.05, 0.1) is 5.69 Å². The first-order valence-corrected chi connectivity index (χ1v) is 8.29. The fraction of sp³-hybridized carbons (Fsp3) is 0.529. The minimum atomic E-state index is -0.626. The van der Waals surface area contributed by atoms with Gasteiger partial charge in [-0.05, 0) is 55.2 Å². The minimum absolute atomic E-state index is 0.0172. The Bertz CT molecular complexity index is 622. The van der Waals surface area contributed by atoms with Gasteiger partial charge in [0.15, 0.2) is 6.61 Å². The van der Waals surface area contributed by atoms with E-state index < -0.39 is 18.3 Å². The summed E-state index contributed by atoms with van der Waals surface area (Å²) in [5.74, 6) is 0.275. The number of rotatable bonds is 5. The van der Waals surface area contributed by atoms with Crippen LogP contribution in [0.3, 0.4) is 0 Å². The lowest BCUT2D eigenvalue weighted by molar-refractivity contribution is -0.148. The molecular weight excluding hydrogens is 321 g/mol. The van der Waals surface area contributed by atoms with Crippen LogP contribution in [0.5, 0.6) is 0 Å². The lowest BCUT2D eigenvalue weighted by atomic mass is 9.86. The van der Waals surface area contributed by atoms with E-state index in [1.54, 1.807) is 0 Å². The third kappa shape index (κ3) is 4.02. The molecule has 3 atom stereocenters. The SMILES string of the molecule is O=C(COC(=O)C[C@@H]1C[C@H]2CC[C@@H]1C2)Nc1ccc(Cl)cc1F. The molecular formula is C17H19ClFNO3. The highest BCUT2D eigenvalue weighted by molar-refractivity contribution is 6.30. The molecule has 0 aromatic heterocycles. The van der Waals surface area contributed by atoms with Gasteiger partial charge >= 0.3 is 5.97 Å². The van der Waals surface area contributed by atoms with E-state index in [9.17, 15) is 14.0 Å². The number of halogens is 2. The number of ether oxygens (including phenoxy) is 1. The van der Waals surface area contributed by atoms with Gasteiger partial charge in [0.2, 0.25) is 0 Å².